The molecule has 1 N–H and O–H groups in total. The monoisotopic (exact) mass is 519 g/mol. The van der Waals surface area contributed by atoms with E-state index in [2.05, 4.69) is 4.72 Å². The Balaban J connectivity index is 1.69. The number of amides is 1. The summed E-state index contributed by atoms with van der Waals surface area (Å²) in [5.74, 6) is 0.0641. The molecule has 0 aliphatic carbocycles. The van der Waals surface area contributed by atoms with E-state index in [9.17, 15) is 13.2 Å². The maximum absolute atomic E-state index is 13.2. The van der Waals surface area contributed by atoms with Crippen LogP contribution in [0, 0.1) is 0 Å². The van der Waals surface area contributed by atoms with Gasteiger partial charge in [0.15, 0.2) is 0 Å². The van der Waals surface area contributed by atoms with Crippen molar-refractivity contribution in [3.8, 4) is 16.9 Å². The minimum Gasteiger partial charge on any atom is -0.493 e. The Morgan fingerprint density at radius 1 is 0.861 bits per heavy atom. The Hall–Kier alpha value is -3.61. The van der Waals surface area contributed by atoms with Crippen molar-refractivity contribution in [2.45, 2.75) is 24.7 Å². The van der Waals surface area contributed by atoms with Crippen LogP contribution >= 0.6 is 11.6 Å². The van der Waals surface area contributed by atoms with E-state index >= 15 is 0 Å². The minimum atomic E-state index is -4.06. The molecule has 0 heterocycles. The van der Waals surface area contributed by atoms with Gasteiger partial charge in [-0.2, -0.15) is 0 Å². The second-order valence-corrected chi connectivity index (χ2v) is 10.3. The third-order valence-corrected chi connectivity index (χ3v) is 7.32. The van der Waals surface area contributed by atoms with Crippen LogP contribution in [-0.4, -0.2) is 20.9 Å². The summed E-state index contributed by atoms with van der Waals surface area (Å²) in [7, 11) is -4.06. The second-order valence-electron chi connectivity index (χ2n) is 8.18. The summed E-state index contributed by atoms with van der Waals surface area (Å²) < 4.78 is 33.7. The Morgan fingerprint density at radius 3 is 2.28 bits per heavy atom. The van der Waals surface area contributed by atoms with E-state index < -0.39 is 15.9 Å². The van der Waals surface area contributed by atoms with Gasteiger partial charge in [-0.1, -0.05) is 72.3 Å². The molecule has 0 aliphatic rings. The van der Waals surface area contributed by atoms with E-state index in [1.54, 1.807) is 6.07 Å². The van der Waals surface area contributed by atoms with Crippen molar-refractivity contribution < 1.29 is 17.9 Å². The van der Waals surface area contributed by atoms with Gasteiger partial charge in [0.1, 0.15) is 5.75 Å². The SMILES string of the molecule is CCOc1ccccc1-c1ccc(C(=O)NS(=O)(=O)c2ccc(Cl)cc2)c(CCc2ccccc2)c1. The molecule has 4 rings (SSSR count). The number of halogens is 1. The van der Waals surface area contributed by atoms with Crippen LogP contribution in [0.3, 0.4) is 0 Å². The number of benzene rings is 4. The molecule has 1 amide bonds. The van der Waals surface area contributed by atoms with E-state index in [1.807, 2.05) is 73.7 Å². The van der Waals surface area contributed by atoms with Gasteiger partial charge in [-0.05, 0) is 72.9 Å². The van der Waals surface area contributed by atoms with Crippen molar-refractivity contribution >= 4 is 27.5 Å². The lowest BCUT2D eigenvalue weighted by Gasteiger charge is -2.15. The molecule has 0 spiro atoms. The molecule has 5 nitrogen and oxygen atoms in total. The van der Waals surface area contributed by atoms with Gasteiger partial charge in [-0.25, -0.2) is 13.1 Å². The van der Waals surface area contributed by atoms with Crippen molar-refractivity contribution in [3.05, 3.63) is 119 Å². The van der Waals surface area contributed by atoms with Crippen molar-refractivity contribution in [2.75, 3.05) is 6.61 Å². The predicted octanol–water partition coefficient (Wildman–Crippen LogP) is 6.31. The molecule has 0 unspecified atom stereocenters. The quantitative estimate of drug-likeness (QED) is 0.281. The molecule has 0 aromatic heterocycles. The van der Waals surface area contributed by atoms with E-state index in [-0.39, 0.29) is 4.90 Å². The summed E-state index contributed by atoms with van der Waals surface area (Å²) in [5.41, 5.74) is 3.96. The van der Waals surface area contributed by atoms with Crippen molar-refractivity contribution in [2.24, 2.45) is 0 Å². The summed E-state index contributed by atoms with van der Waals surface area (Å²) in [6, 6.07) is 28.7. The van der Waals surface area contributed by atoms with E-state index in [1.165, 1.54) is 24.3 Å². The minimum absolute atomic E-state index is 0.0339. The third kappa shape index (κ3) is 6.14. The van der Waals surface area contributed by atoms with Gasteiger partial charge < -0.3 is 4.74 Å². The molecule has 0 aliphatic heterocycles. The van der Waals surface area contributed by atoms with Gasteiger partial charge in [-0.3, -0.25) is 4.79 Å². The Morgan fingerprint density at radius 2 is 1.56 bits per heavy atom. The molecule has 0 radical (unpaired) electrons. The van der Waals surface area contributed by atoms with Crippen LogP contribution in [0.2, 0.25) is 5.02 Å². The number of hydrogen-bond donors (Lipinski definition) is 1. The normalized spacial score (nSPS) is 11.2. The number of nitrogens with one attached hydrogen (secondary N) is 1. The van der Waals surface area contributed by atoms with Gasteiger partial charge >= 0.3 is 0 Å². The number of aryl methyl sites for hydroxylation is 2. The molecule has 36 heavy (non-hydrogen) atoms. The number of carbonyl (C=O) groups is 1. The first-order valence-electron chi connectivity index (χ1n) is 11.6. The summed E-state index contributed by atoms with van der Waals surface area (Å²) in [4.78, 5) is 13.2. The summed E-state index contributed by atoms with van der Waals surface area (Å²) in [5, 5.41) is 0.409. The highest BCUT2D eigenvalue weighted by Crippen LogP contribution is 2.32. The van der Waals surface area contributed by atoms with E-state index in [4.69, 9.17) is 16.3 Å². The average Bonchev–Trinajstić information content (AvgIpc) is 2.88. The van der Waals surface area contributed by atoms with Gasteiger partial charge in [0.25, 0.3) is 15.9 Å². The number of hydrogen-bond acceptors (Lipinski definition) is 4. The van der Waals surface area contributed by atoms with Crippen molar-refractivity contribution in [3.63, 3.8) is 0 Å². The fraction of sp³-hybridized carbons (Fsp3) is 0.138. The molecular weight excluding hydrogens is 494 g/mol. The fourth-order valence-corrected chi connectivity index (χ4v) is 5.04. The summed E-state index contributed by atoms with van der Waals surface area (Å²) in [6.07, 6.45) is 1.25. The Labute approximate surface area is 216 Å². The molecule has 0 fully saturated rings. The van der Waals surface area contributed by atoms with E-state index in [0.29, 0.717) is 30.0 Å². The highest BCUT2D eigenvalue weighted by atomic mass is 35.5. The lowest BCUT2D eigenvalue weighted by Crippen LogP contribution is -2.31. The Kier molecular flexibility index (Phi) is 8.08. The van der Waals surface area contributed by atoms with Gasteiger partial charge in [-0.15, -0.1) is 0 Å². The van der Waals surface area contributed by atoms with Crippen molar-refractivity contribution in [1.82, 2.24) is 4.72 Å². The zero-order chi connectivity index (χ0) is 25.5. The van der Waals surface area contributed by atoms with Crippen molar-refractivity contribution in [1.29, 1.82) is 0 Å². The summed E-state index contributed by atoms with van der Waals surface area (Å²) >= 11 is 5.87. The first kappa shape index (κ1) is 25.5. The molecule has 0 atom stereocenters. The first-order valence-corrected chi connectivity index (χ1v) is 13.5. The van der Waals surface area contributed by atoms with Crippen LogP contribution in [0.15, 0.2) is 102 Å². The Bertz CT molecular complexity index is 1450. The van der Waals surface area contributed by atoms with Gasteiger partial charge in [0.05, 0.1) is 11.5 Å². The zero-order valence-electron chi connectivity index (χ0n) is 19.8. The van der Waals surface area contributed by atoms with Crippen LogP contribution in [-0.2, 0) is 22.9 Å². The van der Waals surface area contributed by atoms with E-state index in [0.717, 1.165) is 28.0 Å². The maximum atomic E-state index is 13.2. The van der Waals surface area contributed by atoms with Crippen LogP contribution in [0.25, 0.3) is 11.1 Å². The fourth-order valence-electron chi connectivity index (χ4n) is 3.95. The molecular formula is C29H26ClNO4S. The maximum Gasteiger partial charge on any atom is 0.265 e. The van der Waals surface area contributed by atoms with Gasteiger partial charge in [0.2, 0.25) is 0 Å². The number of rotatable bonds is 9. The molecule has 4 aromatic carbocycles. The highest BCUT2D eigenvalue weighted by molar-refractivity contribution is 7.90. The molecule has 184 valence electrons. The van der Waals surface area contributed by atoms with Crippen LogP contribution in [0.5, 0.6) is 5.75 Å². The third-order valence-electron chi connectivity index (χ3n) is 5.72. The smallest absolute Gasteiger partial charge is 0.265 e. The zero-order valence-corrected chi connectivity index (χ0v) is 21.4. The number of para-hydroxylation sites is 1. The molecule has 7 heteroatoms. The summed E-state index contributed by atoms with van der Waals surface area (Å²) in [6.45, 7) is 2.46. The molecule has 0 saturated heterocycles. The lowest BCUT2D eigenvalue weighted by atomic mass is 9.94. The van der Waals surface area contributed by atoms with Crippen LogP contribution in [0.4, 0.5) is 0 Å². The molecule has 0 bridgehead atoms. The standard InChI is InChI=1S/C29H26ClNO4S/c1-2-35-28-11-7-6-10-26(28)22-14-19-27(23(20-22)13-12-21-8-4-3-5-9-21)29(32)31-36(33,34)25-17-15-24(30)16-18-25/h3-11,14-20H,2,12-13H2,1H3,(H,31,32). The number of ether oxygens (including phenoxy) is 1. The van der Waals surface area contributed by atoms with Gasteiger partial charge in [0, 0.05) is 16.1 Å². The largest absolute Gasteiger partial charge is 0.493 e. The predicted molar refractivity (Wildman–Crippen MR) is 143 cm³/mol. The topological polar surface area (TPSA) is 72.5 Å². The highest BCUT2D eigenvalue weighted by Gasteiger charge is 2.21. The second kappa shape index (κ2) is 11.4. The van der Waals surface area contributed by atoms with Crippen LogP contribution in [0.1, 0.15) is 28.4 Å². The first-order chi connectivity index (χ1) is 17.4. The average molecular weight is 520 g/mol. The number of carbonyl (C=O) groups excluding carboxylic acids is 1. The molecule has 4 aromatic rings. The lowest BCUT2D eigenvalue weighted by molar-refractivity contribution is 0.0980. The number of sulfonamides is 1. The molecule has 0 saturated carbocycles. The van der Waals surface area contributed by atoms with Crippen LogP contribution < -0.4 is 9.46 Å².